The van der Waals surface area contributed by atoms with E-state index in [9.17, 15) is 0 Å². The number of benzene rings is 11. The molecule has 314 valence electrons. The molecular formula is C67H46. The van der Waals surface area contributed by atoms with Crippen molar-refractivity contribution >= 4 is 64.6 Å². The van der Waals surface area contributed by atoms with Crippen LogP contribution in [-0.2, 0) is 5.41 Å². The number of fused-ring (bicyclic) bond motifs is 10. The maximum atomic E-state index is 2.44. The van der Waals surface area contributed by atoms with Crippen molar-refractivity contribution in [2.75, 3.05) is 0 Å². The van der Waals surface area contributed by atoms with E-state index in [1.54, 1.807) is 0 Å². The van der Waals surface area contributed by atoms with Gasteiger partial charge in [-0.25, -0.2) is 0 Å². The number of hydrogen-bond acceptors (Lipinski definition) is 0. The van der Waals surface area contributed by atoms with Gasteiger partial charge < -0.3 is 0 Å². The normalized spacial score (nSPS) is 12.7. The van der Waals surface area contributed by atoms with E-state index in [0.717, 1.165) is 0 Å². The van der Waals surface area contributed by atoms with Crippen molar-refractivity contribution in [2.24, 2.45) is 0 Å². The quantitative estimate of drug-likeness (QED) is 0.165. The summed E-state index contributed by atoms with van der Waals surface area (Å²) in [5.41, 5.74) is 15.2. The zero-order chi connectivity index (χ0) is 44.6. The van der Waals surface area contributed by atoms with Crippen LogP contribution in [0.15, 0.2) is 243 Å². The van der Waals surface area contributed by atoms with E-state index in [2.05, 4.69) is 257 Å². The SMILES string of the molecule is CC1(C)c2cc(-c3ccc4ccccc4c3)ccc2-c2ccc(-c3ccc4cc(-c5ccc6ccc(-c7ccccc8ccc9ccccc9c8cc8ccccc78)cc6c5)ccc4c3)cc21. The molecule has 67 heavy (non-hydrogen) atoms. The second kappa shape index (κ2) is 15.4. The van der Waals surface area contributed by atoms with Gasteiger partial charge in [0.05, 0.1) is 0 Å². The van der Waals surface area contributed by atoms with Gasteiger partial charge in [-0.3, -0.25) is 0 Å². The van der Waals surface area contributed by atoms with Gasteiger partial charge in [-0.1, -0.05) is 208 Å². The van der Waals surface area contributed by atoms with Gasteiger partial charge in [-0.15, -0.1) is 0 Å². The first-order chi connectivity index (χ1) is 32.9. The summed E-state index contributed by atoms with van der Waals surface area (Å²) in [7, 11) is 0. The minimum absolute atomic E-state index is 0.119. The van der Waals surface area contributed by atoms with E-state index >= 15 is 0 Å². The Morgan fingerprint density at radius 2 is 0.567 bits per heavy atom. The molecule has 0 atom stereocenters. The highest BCUT2D eigenvalue weighted by Crippen LogP contribution is 2.51. The molecular weight excluding hydrogens is 805 g/mol. The number of rotatable bonds is 4. The molecule has 0 saturated heterocycles. The fraction of sp³-hybridized carbons (Fsp3) is 0.0448. The Morgan fingerprint density at radius 1 is 0.209 bits per heavy atom. The van der Waals surface area contributed by atoms with Crippen LogP contribution in [0.1, 0.15) is 25.0 Å². The molecule has 0 aliphatic heterocycles. The zero-order valence-corrected chi connectivity index (χ0v) is 37.6. The van der Waals surface area contributed by atoms with Crippen LogP contribution in [0.25, 0.3) is 120 Å². The molecule has 0 saturated carbocycles. The van der Waals surface area contributed by atoms with Crippen LogP contribution in [0.5, 0.6) is 0 Å². The molecule has 0 amide bonds. The van der Waals surface area contributed by atoms with E-state index in [0.29, 0.717) is 0 Å². The first-order valence-corrected chi connectivity index (χ1v) is 23.5. The van der Waals surface area contributed by atoms with Crippen LogP contribution < -0.4 is 0 Å². The van der Waals surface area contributed by atoms with Gasteiger partial charge in [0.25, 0.3) is 0 Å². The Bertz CT molecular complexity index is 4070. The second-order valence-corrected chi connectivity index (χ2v) is 18.9. The summed E-state index contributed by atoms with van der Waals surface area (Å²) in [5.74, 6) is 0. The lowest BCUT2D eigenvalue weighted by molar-refractivity contribution is 0.661. The lowest BCUT2D eigenvalue weighted by atomic mass is 9.80. The Morgan fingerprint density at radius 3 is 1.16 bits per heavy atom. The Balaban J connectivity index is 0.822. The monoisotopic (exact) mass is 850 g/mol. The highest BCUT2D eigenvalue weighted by Gasteiger charge is 2.36. The molecule has 0 heterocycles. The van der Waals surface area contributed by atoms with Crippen LogP contribution >= 0.6 is 0 Å². The summed E-state index contributed by atoms with van der Waals surface area (Å²) in [6.07, 6.45) is 0. The Kier molecular flexibility index (Phi) is 8.98. The van der Waals surface area contributed by atoms with E-state index < -0.39 is 0 Å². The molecule has 1 aliphatic rings. The van der Waals surface area contributed by atoms with Gasteiger partial charge in [-0.2, -0.15) is 0 Å². The molecule has 0 unspecified atom stereocenters. The second-order valence-electron chi connectivity index (χ2n) is 18.9. The van der Waals surface area contributed by atoms with Gasteiger partial charge in [-0.05, 0) is 180 Å². The Hall–Kier alpha value is -8.32. The van der Waals surface area contributed by atoms with Crippen molar-refractivity contribution in [1.29, 1.82) is 0 Å². The molecule has 0 fully saturated rings. The average Bonchev–Trinajstić information content (AvgIpc) is 3.60. The van der Waals surface area contributed by atoms with Gasteiger partial charge in [0, 0.05) is 5.41 Å². The highest BCUT2D eigenvalue weighted by atomic mass is 14.4. The van der Waals surface area contributed by atoms with E-state index in [-0.39, 0.29) is 5.41 Å². The van der Waals surface area contributed by atoms with Crippen LogP contribution in [0.3, 0.4) is 0 Å². The molecule has 0 radical (unpaired) electrons. The third-order valence-electron chi connectivity index (χ3n) is 14.6. The summed E-state index contributed by atoms with van der Waals surface area (Å²) in [5, 5.41) is 14.9. The molecule has 0 aromatic heterocycles. The number of hydrogen-bond donors (Lipinski definition) is 0. The topological polar surface area (TPSA) is 0 Å². The molecule has 0 spiro atoms. The predicted octanol–water partition coefficient (Wildman–Crippen LogP) is 18.7. The lowest BCUT2D eigenvalue weighted by Gasteiger charge is -2.22. The van der Waals surface area contributed by atoms with Crippen LogP contribution in [0.4, 0.5) is 0 Å². The molecule has 12 aromatic carbocycles. The minimum atomic E-state index is -0.119. The fourth-order valence-electron chi connectivity index (χ4n) is 11.0. The molecule has 1 aliphatic carbocycles. The van der Waals surface area contributed by atoms with Crippen molar-refractivity contribution in [3.05, 3.63) is 254 Å². The summed E-state index contributed by atoms with van der Waals surface area (Å²) < 4.78 is 0. The first-order valence-electron chi connectivity index (χ1n) is 23.5. The summed E-state index contributed by atoms with van der Waals surface area (Å²) in [6.45, 7) is 4.76. The molecule has 0 N–H and O–H groups in total. The van der Waals surface area contributed by atoms with Gasteiger partial charge in [0.1, 0.15) is 0 Å². The maximum absolute atomic E-state index is 2.44. The smallest absolute Gasteiger partial charge is 0.0159 e. The van der Waals surface area contributed by atoms with E-state index in [4.69, 9.17) is 0 Å². The predicted molar refractivity (Wildman–Crippen MR) is 288 cm³/mol. The van der Waals surface area contributed by atoms with E-state index in [1.165, 1.54) is 131 Å². The highest BCUT2D eigenvalue weighted by molar-refractivity contribution is 6.10. The van der Waals surface area contributed by atoms with Crippen molar-refractivity contribution in [3.63, 3.8) is 0 Å². The minimum Gasteiger partial charge on any atom is -0.0616 e. The fourth-order valence-corrected chi connectivity index (χ4v) is 11.0. The molecule has 13 rings (SSSR count). The van der Waals surface area contributed by atoms with Gasteiger partial charge >= 0.3 is 0 Å². The van der Waals surface area contributed by atoms with Crippen molar-refractivity contribution in [1.82, 2.24) is 0 Å². The van der Waals surface area contributed by atoms with Crippen LogP contribution in [0.2, 0.25) is 0 Å². The van der Waals surface area contributed by atoms with Crippen LogP contribution in [0, 0.1) is 0 Å². The standard InChI is InChI=1S/C67H46/c1-67(2)65-41-54(51-24-19-43-11-3-4-14-47(43)35-51)31-33-62(65)63-34-32-55(42-66(63)67)52-29-28-48-36-50(27-26-49(48)37-52)53-25-20-44-21-30-57(39-58(44)38-53)61-18-9-6-13-46-23-22-45-12-5-8-16-59(45)64(46)40-56-15-7-10-17-60(56)61/h3-42H,1-2H3. The molecule has 0 nitrogen and oxygen atoms in total. The molecule has 0 heteroatoms. The lowest BCUT2D eigenvalue weighted by Crippen LogP contribution is -2.15. The van der Waals surface area contributed by atoms with Gasteiger partial charge in [0.15, 0.2) is 0 Å². The van der Waals surface area contributed by atoms with Crippen molar-refractivity contribution < 1.29 is 0 Å². The van der Waals surface area contributed by atoms with E-state index in [1.807, 2.05) is 0 Å². The average molecular weight is 851 g/mol. The largest absolute Gasteiger partial charge is 0.0616 e. The van der Waals surface area contributed by atoms with Crippen LogP contribution in [-0.4, -0.2) is 0 Å². The third kappa shape index (κ3) is 6.67. The molecule has 0 bridgehead atoms. The summed E-state index contributed by atoms with van der Waals surface area (Å²) in [6, 6.07) is 90.4. The first kappa shape index (κ1) is 39.1. The Labute approximate surface area is 391 Å². The van der Waals surface area contributed by atoms with Gasteiger partial charge in [0.2, 0.25) is 0 Å². The third-order valence-corrected chi connectivity index (χ3v) is 14.6. The molecule has 12 aromatic rings. The van der Waals surface area contributed by atoms with Crippen molar-refractivity contribution in [3.8, 4) is 55.6 Å². The zero-order valence-electron chi connectivity index (χ0n) is 37.6. The summed E-state index contributed by atoms with van der Waals surface area (Å²) >= 11 is 0. The van der Waals surface area contributed by atoms with Crippen molar-refractivity contribution in [2.45, 2.75) is 19.3 Å². The maximum Gasteiger partial charge on any atom is 0.0159 e. The summed E-state index contributed by atoms with van der Waals surface area (Å²) in [4.78, 5) is 0.